The van der Waals surface area contributed by atoms with Crippen LogP contribution >= 0.6 is 0 Å². The maximum atomic E-state index is 4.28. The summed E-state index contributed by atoms with van der Waals surface area (Å²) < 4.78 is 4.36. The Labute approximate surface area is 94.1 Å². The lowest BCUT2D eigenvalue weighted by Gasteiger charge is -2.07. The van der Waals surface area contributed by atoms with Gasteiger partial charge in [-0.2, -0.15) is 0 Å². The zero-order chi connectivity index (χ0) is 10.8. The normalized spacial score (nSPS) is 15.8. The Bertz CT molecular complexity index is 457. The third-order valence-corrected chi connectivity index (χ3v) is 2.93. The van der Waals surface area contributed by atoms with Gasteiger partial charge in [-0.25, -0.2) is 0 Å². The highest BCUT2D eigenvalue weighted by atomic mass is 15.3. The minimum Gasteiger partial charge on any atom is -0.347 e. The molecule has 0 spiro atoms. The van der Waals surface area contributed by atoms with Crippen LogP contribution < -0.4 is 5.32 Å². The number of rotatable bonds is 2. The molecule has 0 aromatic carbocycles. The van der Waals surface area contributed by atoms with E-state index in [0.717, 1.165) is 44.2 Å². The van der Waals surface area contributed by atoms with Crippen molar-refractivity contribution >= 4 is 0 Å². The summed E-state index contributed by atoms with van der Waals surface area (Å²) >= 11 is 0. The SMILES string of the molecule is c1ccn(Cc2nnc3n2CCNCC3)c1. The second-order valence-corrected chi connectivity index (χ2v) is 4.04. The summed E-state index contributed by atoms with van der Waals surface area (Å²) in [5, 5.41) is 11.9. The molecule has 3 rings (SSSR count). The van der Waals surface area contributed by atoms with Gasteiger partial charge < -0.3 is 14.5 Å². The molecule has 0 atom stereocenters. The van der Waals surface area contributed by atoms with Crippen LogP contribution in [0.2, 0.25) is 0 Å². The first kappa shape index (κ1) is 9.59. The molecular weight excluding hydrogens is 202 g/mol. The summed E-state index contributed by atoms with van der Waals surface area (Å²) in [5.74, 6) is 2.15. The maximum absolute atomic E-state index is 4.28. The number of nitrogens with zero attached hydrogens (tertiary/aromatic N) is 4. The molecule has 2 aromatic heterocycles. The first-order chi connectivity index (χ1) is 7.93. The highest BCUT2D eigenvalue weighted by Crippen LogP contribution is 2.07. The molecule has 0 fully saturated rings. The Morgan fingerprint density at radius 2 is 2.06 bits per heavy atom. The van der Waals surface area contributed by atoms with Crippen LogP contribution in [-0.4, -0.2) is 32.4 Å². The Kier molecular flexibility index (Phi) is 2.46. The van der Waals surface area contributed by atoms with Crippen LogP contribution in [0.4, 0.5) is 0 Å². The molecular formula is C11H15N5. The predicted octanol–water partition coefficient (Wildman–Crippen LogP) is 0.274. The maximum Gasteiger partial charge on any atom is 0.153 e. The average Bonchev–Trinajstić information content (AvgIpc) is 2.86. The largest absolute Gasteiger partial charge is 0.347 e. The molecule has 0 radical (unpaired) electrons. The highest BCUT2D eigenvalue weighted by Gasteiger charge is 2.13. The quantitative estimate of drug-likeness (QED) is 0.785. The summed E-state index contributed by atoms with van der Waals surface area (Å²) in [6, 6.07) is 4.06. The molecule has 84 valence electrons. The molecule has 0 saturated carbocycles. The van der Waals surface area contributed by atoms with Crippen LogP contribution in [-0.2, 0) is 19.5 Å². The number of hydrogen-bond acceptors (Lipinski definition) is 3. The van der Waals surface area contributed by atoms with Crippen LogP contribution in [0.15, 0.2) is 24.5 Å². The summed E-state index contributed by atoms with van der Waals surface area (Å²) in [4.78, 5) is 0. The van der Waals surface area contributed by atoms with Gasteiger partial charge in [-0.3, -0.25) is 0 Å². The Morgan fingerprint density at radius 1 is 1.19 bits per heavy atom. The van der Waals surface area contributed by atoms with Gasteiger partial charge in [0.1, 0.15) is 5.82 Å². The van der Waals surface area contributed by atoms with Crippen LogP contribution in [0, 0.1) is 0 Å². The summed E-state index contributed by atoms with van der Waals surface area (Å²) in [7, 11) is 0. The predicted molar refractivity (Wildman–Crippen MR) is 60.1 cm³/mol. The van der Waals surface area contributed by atoms with Crippen molar-refractivity contribution in [2.75, 3.05) is 13.1 Å². The number of fused-ring (bicyclic) bond motifs is 1. The van der Waals surface area contributed by atoms with Crippen LogP contribution in [0.5, 0.6) is 0 Å². The highest BCUT2D eigenvalue weighted by molar-refractivity contribution is 5.01. The van der Waals surface area contributed by atoms with E-state index in [1.54, 1.807) is 0 Å². The fraction of sp³-hybridized carbons (Fsp3) is 0.455. The molecule has 3 heterocycles. The van der Waals surface area contributed by atoms with Crippen molar-refractivity contribution in [2.24, 2.45) is 0 Å². The van der Waals surface area contributed by atoms with Crippen molar-refractivity contribution in [1.82, 2.24) is 24.6 Å². The van der Waals surface area contributed by atoms with E-state index in [1.807, 2.05) is 12.1 Å². The van der Waals surface area contributed by atoms with Crippen molar-refractivity contribution in [3.63, 3.8) is 0 Å². The zero-order valence-corrected chi connectivity index (χ0v) is 9.13. The Balaban J connectivity index is 1.87. The molecule has 0 saturated heterocycles. The molecule has 1 aliphatic heterocycles. The molecule has 0 bridgehead atoms. The first-order valence-corrected chi connectivity index (χ1v) is 5.66. The molecule has 0 unspecified atom stereocenters. The topological polar surface area (TPSA) is 47.7 Å². The van der Waals surface area contributed by atoms with E-state index in [2.05, 4.69) is 37.0 Å². The van der Waals surface area contributed by atoms with Gasteiger partial charge >= 0.3 is 0 Å². The fourth-order valence-corrected chi connectivity index (χ4v) is 2.09. The van der Waals surface area contributed by atoms with E-state index < -0.39 is 0 Å². The number of nitrogens with one attached hydrogen (secondary N) is 1. The molecule has 0 aliphatic carbocycles. The van der Waals surface area contributed by atoms with Gasteiger partial charge in [0.05, 0.1) is 6.54 Å². The van der Waals surface area contributed by atoms with Gasteiger partial charge in [0.25, 0.3) is 0 Å². The molecule has 1 aliphatic rings. The van der Waals surface area contributed by atoms with Crippen molar-refractivity contribution in [3.8, 4) is 0 Å². The second-order valence-electron chi connectivity index (χ2n) is 4.04. The van der Waals surface area contributed by atoms with Crippen molar-refractivity contribution in [2.45, 2.75) is 19.5 Å². The summed E-state index contributed by atoms with van der Waals surface area (Å²) in [6.45, 7) is 3.78. The van der Waals surface area contributed by atoms with Crippen LogP contribution in [0.1, 0.15) is 11.6 Å². The molecule has 2 aromatic rings. The van der Waals surface area contributed by atoms with Crippen LogP contribution in [0.3, 0.4) is 0 Å². The third-order valence-electron chi connectivity index (χ3n) is 2.93. The number of aromatic nitrogens is 4. The van der Waals surface area contributed by atoms with Crippen molar-refractivity contribution in [3.05, 3.63) is 36.2 Å². The monoisotopic (exact) mass is 217 g/mol. The average molecular weight is 217 g/mol. The van der Waals surface area contributed by atoms with Gasteiger partial charge in [-0.05, 0) is 12.1 Å². The minimum absolute atomic E-state index is 0.806. The van der Waals surface area contributed by atoms with E-state index in [0.29, 0.717) is 0 Å². The van der Waals surface area contributed by atoms with Crippen molar-refractivity contribution in [1.29, 1.82) is 0 Å². The van der Waals surface area contributed by atoms with E-state index >= 15 is 0 Å². The van der Waals surface area contributed by atoms with Gasteiger partial charge in [0, 0.05) is 38.4 Å². The molecule has 16 heavy (non-hydrogen) atoms. The van der Waals surface area contributed by atoms with Gasteiger partial charge in [0.2, 0.25) is 0 Å². The molecule has 5 nitrogen and oxygen atoms in total. The first-order valence-electron chi connectivity index (χ1n) is 5.66. The lowest BCUT2D eigenvalue weighted by molar-refractivity contribution is 0.600. The van der Waals surface area contributed by atoms with Crippen LogP contribution in [0.25, 0.3) is 0 Å². The Hall–Kier alpha value is -1.62. The summed E-state index contributed by atoms with van der Waals surface area (Å²) in [6.07, 6.45) is 5.08. The zero-order valence-electron chi connectivity index (χ0n) is 9.13. The fourth-order valence-electron chi connectivity index (χ4n) is 2.09. The number of hydrogen-bond donors (Lipinski definition) is 1. The lowest BCUT2D eigenvalue weighted by Crippen LogP contribution is -2.18. The van der Waals surface area contributed by atoms with Gasteiger partial charge in [0.15, 0.2) is 5.82 Å². The smallest absolute Gasteiger partial charge is 0.153 e. The second kappa shape index (κ2) is 4.09. The molecule has 5 heteroatoms. The van der Waals surface area contributed by atoms with E-state index in [4.69, 9.17) is 0 Å². The molecule has 0 amide bonds. The van der Waals surface area contributed by atoms with Gasteiger partial charge in [-0.15, -0.1) is 10.2 Å². The van der Waals surface area contributed by atoms with E-state index in [-0.39, 0.29) is 0 Å². The lowest BCUT2D eigenvalue weighted by atomic mass is 10.4. The molecule has 1 N–H and O–H groups in total. The standard InChI is InChI=1S/C11H15N5/c1-2-7-15(6-1)9-11-14-13-10-3-4-12-5-8-16(10)11/h1-2,6-7,12H,3-5,8-9H2. The minimum atomic E-state index is 0.806. The third kappa shape index (κ3) is 1.74. The van der Waals surface area contributed by atoms with Gasteiger partial charge in [-0.1, -0.05) is 0 Å². The Morgan fingerprint density at radius 3 is 2.94 bits per heavy atom. The van der Waals surface area contributed by atoms with E-state index in [9.17, 15) is 0 Å². The summed E-state index contributed by atoms with van der Waals surface area (Å²) in [5.41, 5.74) is 0. The van der Waals surface area contributed by atoms with E-state index in [1.165, 1.54) is 0 Å². The van der Waals surface area contributed by atoms with Crippen molar-refractivity contribution < 1.29 is 0 Å².